The number of rotatable bonds is 41. The molecular weight excluding hydrogens is 824 g/mol. The van der Waals surface area contributed by atoms with Crippen LogP contribution in [0, 0.1) is 0 Å². The predicted octanol–water partition coefficient (Wildman–Crippen LogP) is 10.6. The Hall–Kier alpha value is -1.96. The van der Waals surface area contributed by atoms with Gasteiger partial charge in [0.05, 0.1) is 19.8 Å². The fourth-order valence-corrected chi connectivity index (χ4v) is 8.28. The topological polar surface area (TPSA) is 192 Å². The maximum Gasteiger partial charge on any atom is 0.472 e. The molecule has 6 atom stereocenters. The van der Waals surface area contributed by atoms with Crippen LogP contribution in [-0.4, -0.2) is 98.9 Å². The van der Waals surface area contributed by atoms with Crippen LogP contribution in [0.4, 0.5) is 0 Å². The van der Waals surface area contributed by atoms with Crippen molar-refractivity contribution >= 4 is 13.8 Å². The van der Waals surface area contributed by atoms with E-state index >= 15 is 0 Å². The summed E-state index contributed by atoms with van der Waals surface area (Å²) in [6.07, 6.45) is 38.9. The van der Waals surface area contributed by atoms with Crippen molar-refractivity contribution in [3.8, 4) is 0 Å². The summed E-state index contributed by atoms with van der Waals surface area (Å²) in [5.41, 5.74) is 0. The third kappa shape index (κ3) is 32.4. The molecule has 0 spiro atoms. The smallest absolute Gasteiger partial charge is 0.457 e. The molecule has 1 aliphatic rings. The van der Waals surface area contributed by atoms with Gasteiger partial charge in [-0.3, -0.25) is 13.8 Å². The molecule has 0 radical (unpaired) electrons. The van der Waals surface area contributed by atoms with Crippen molar-refractivity contribution in [2.75, 3.05) is 19.8 Å². The highest BCUT2D eigenvalue weighted by Gasteiger charge is 2.51. The highest BCUT2D eigenvalue weighted by Crippen LogP contribution is 2.47. The van der Waals surface area contributed by atoms with Crippen molar-refractivity contribution in [3.05, 3.63) is 60.8 Å². The zero-order valence-corrected chi connectivity index (χ0v) is 40.0. The summed E-state index contributed by atoms with van der Waals surface area (Å²) in [6.45, 7) is 3.95. The number of hydrogen-bond donors (Lipinski definition) is 6. The lowest BCUT2D eigenvalue weighted by molar-refractivity contribution is -0.220. The minimum atomic E-state index is -5.04. The molecule has 1 saturated carbocycles. The Kier molecular flexibility index (Phi) is 37.8. The SMILES string of the molecule is CC/C=C\C/C=C\C/C=C\C/C=C\C/C=C\CCOCC(COP(=O)(O)OC1C(O)C(O)C(O)C(O)C1O)OC(=O)CCCCCCCCCCCCCCCCCCCCCC. The van der Waals surface area contributed by atoms with E-state index in [0.29, 0.717) is 19.4 Å². The van der Waals surface area contributed by atoms with Gasteiger partial charge in [0, 0.05) is 6.42 Å². The molecular formula is C50H89O12P. The van der Waals surface area contributed by atoms with Gasteiger partial charge in [-0.2, -0.15) is 0 Å². The summed E-state index contributed by atoms with van der Waals surface area (Å²) in [6, 6.07) is 0. The van der Waals surface area contributed by atoms with E-state index in [2.05, 4.69) is 62.5 Å². The fourth-order valence-electron chi connectivity index (χ4n) is 7.30. The van der Waals surface area contributed by atoms with Gasteiger partial charge in [-0.05, 0) is 44.9 Å². The molecule has 63 heavy (non-hydrogen) atoms. The van der Waals surface area contributed by atoms with Crippen molar-refractivity contribution < 1.29 is 58.3 Å². The fraction of sp³-hybridized carbons (Fsp3) is 0.780. The number of phosphoric acid groups is 1. The monoisotopic (exact) mass is 913 g/mol. The Bertz CT molecular complexity index is 1270. The highest BCUT2D eigenvalue weighted by molar-refractivity contribution is 7.47. The van der Waals surface area contributed by atoms with Crippen LogP contribution >= 0.6 is 7.82 Å². The molecule has 12 nitrogen and oxygen atoms in total. The first kappa shape index (κ1) is 59.1. The van der Waals surface area contributed by atoms with Gasteiger partial charge < -0.3 is 39.9 Å². The molecule has 6 unspecified atom stereocenters. The van der Waals surface area contributed by atoms with E-state index < -0.39 is 63.1 Å². The molecule has 6 N–H and O–H groups in total. The number of aliphatic hydroxyl groups is 5. The minimum absolute atomic E-state index is 0.131. The van der Waals surface area contributed by atoms with E-state index in [9.17, 15) is 39.8 Å². The first-order chi connectivity index (χ1) is 30.5. The maximum absolute atomic E-state index is 12.8. The average Bonchev–Trinajstić information content (AvgIpc) is 3.27. The summed E-state index contributed by atoms with van der Waals surface area (Å²) in [4.78, 5) is 23.2. The summed E-state index contributed by atoms with van der Waals surface area (Å²) < 4.78 is 34.1. The van der Waals surface area contributed by atoms with E-state index in [1.54, 1.807) is 0 Å². The van der Waals surface area contributed by atoms with Crippen LogP contribution in [0.25, 0.3) is 0 Å². The second-order valence-electron chi connectivity index (χ2n) is 16.9. The Morgan fingerprint density at radius 3 is 1.33 bits per heavy atom. The minimum Gasteiger partial charge on any atom is -0.457 e. The van der Waals surface area contributed by atoms with E-state index in [0.717, 1.165) is 51.4 Å². The summed E-state index contributed by atoms with van der Waals surface area (Å²) in [7, 11) is -5.04. The standard InChI is InChI=1S/C50H89O12P/c1-3-5-7-9-11-13-15-17-19-21-22-23-24-25-27-29-31-33-35-37-39-44(51)61-43(42-60-63(57,58)62-50-48(55)46(53)45(52)47(54)49(50)56)41-59-40-38-36-34-32-30-28-26-20-18-16-14-12-10-8-6-4-2/h6,8,12,14,18,20,28,30,34,36,43,45-50,52-56H,3-5,7,9-11,13,15-17,19,21-27,29,31-33,35,37-42H2,1-2H3,(H,57,58)/b8-6-,14-12-,20-18-,30-28-,36-34-. The molecule has 1 aliphatic carbocycles. The van der Waals surface area contributed by atoms with Crippen LogP contribution in [0.2, 0.25) is 0 Å². The highest BCUT2D eigenvalue weighted by atomic mass is 31.2. The molecule has 0 amide bonds. The molecule has 0 aromatic carbocycles. The van der Waals surface area contributed by atoms with Crippen LogP contribution in [-0.2, 0) is 27.9 Å². The lowest BCUT2D eigenvalue weighted by atomic mass is 9.85. The quantitative estimate of drug-likeness (QED) is 0.0147. The van der Waals surface area contributed by atoms with Gasteiger partial charge in [-0.25, -0.2) is 4.57 Å². The van der Waals surface area contributed by atoms with E-state index in [-0.39, 0.29) is 13.0 Å². The number of hydrogen-bond acceptors (Lipinski definition) is 11. The largest absolute Gasteiger partial charge is 0.472 e. The second-order valence-corrected chi connectivity index (χ2v) is 18.3. The number of carbonyl (C=O) groups is 1. The zero-order chi connectivity index (χ0) is 46.2. The lowest BCUT2D eigenvalue weighted by Gasteiger charge is -2.41. The van der Waals surface area contributed by atoms with Gasteiger partial charge in [0.2, 0.25) is 0 Å². The number of esters is 1. The summed E-state index contributed by atoms with van der Waals surface area (Å²) >= 11 is 0. The normalized spacial score (nSPS) is 22.3. The van der Waals surface area contributed by atoms with Crippen molar-refractivity contribution in [1.29, 1.82) is 0 Å². The van der Waals surface area contributed by atoms with Crippen LogP contribution in [0.15, 0.2) is 60.8 Å². The van der Waals surface area contributed by atoms with Crippen LogP contribution in [0.5, 0.6) is 0 Å². The molecule has 0 aliphatic heterocycles. The van der Waals surface area contributed by atoms with E-state index in [1.807, 2.05) is 12.2 Å². The molecule has 366 valence electrons. The Morgan fingerprint density at radius 1 is 0.524 bits per heavy atom. The third-order valence-corrected chi connectivity index (χ3v) is 12.2. The Labute approximate surface area is 381 Å². The van der Waals surface area contributed by atoms with E-state index in [1.165, 1.54) is 103 Å². The summed E-state index contributed by atoms with van der Waals surface area (Å²) in [5.74, 6) is -0.500. The van der Waals surface area contributed by atoms with Gasteiger partial charge in [0.25, 0.3) is 0 Å². The van der Waals surface area contributed by atoms with Crippen LogP contribution in [0.1, 0.15) is 187 Å². The number of aliphatic hydroxyl groups excluding tert-OH is 5. The number of carbonyl (C=O) groups excluding carboxylic acids is 1. The Morgan fingerprint density at radius 2 is 0.905 bits per heavy atom. The van der Waals surface area contributed by atoms with Crippen molar-refractivity contribution in [2.24, 2.45) is 0 Å². The van der Waals surface area contributed by atoms with Crippen LogP contribution < -0.4 is 0 Å². The lowest BCUT2D eigenvalue weighted by Crippen LogP contribution is -2.64. The van der Waals surface area contributed by atoms with Crippen molar-refractivity contribution in [1.82, 2.24) is 0 Å². The van der Waals surface area contributed by atoms with Crippen molar-refractivity contribution in [3.63, 3.8) is 0 Å². The number of ether oxygens (including phenoxy) is 2. The van der Waals surface area contributed by atoms with Gasteiger partial charge in [-0.1, -0.05) is 197 Å². The first-order valence-corrected chi connectivity index (χ1v) is 26.1. The third-order valence-electron chi connectivity index (χ3n) is 11.2. The Balaban J connectivity index is 2.39. The average molecular weight is 913 g/mol. The molecule has 0 bridgehead atoms. The van der Waals surface area contributed by atoms with Gasteiger partial charge in [-0.15, -0.1) is 0 Å². The molecule has 13 heteroatoms. The maximum atomic E-state index is 12.8. The predicted molar refractivity (Wildman–Crippen MR) is 253 cm³/mol. The molecule has 0 aromatic heterocycles. The second kappa shape index (κ2) is 40.3. The molecule has 0 heterocycles. The van der Waals surface area contributed by atoms with Crippen molar-refractivity contribution in [2.45, 2.75) is 230 Å². The number of unbranched alkanes of at least 4 members (excludes halogenated alkanes) is 19. The molecule has 0 saturated heterocycles. The number of allylic oxidation sites excluding steroid dienone is 9. The first-order valence-electron chi connectivity index (χ1n) is 24.6. The van der Waals surface area contributed by atoms with Gasteiger partial charge in [0.1, 0.15) is 42.7 Å². The molecule has 1 rings (SSSR count). The van der Waals surface area contributed by atoms with Gasteiger partial charge >= 0.3 is 13.8 Å². The zero-order valence-electron chi connectivity index (χ0n) is 39.1. The molecule has 0 aromatic rings. The molecule has 1 fully saturated rings. The number of phosphoric ester groups is 1. The van der Waals surface area contributed by atoms with Gasteiger partial charge in [0.15, 0.2) is 0 Å². The van der Waals surface area contributed by atoms with E-state index in [4.69, 9.17) is 18.5 Å². The summed E-state index contributed by atoms with van der Waals surface area (Å²) in [5, 5.41) is 50.2. The van der Waals surface area contributed by atoms with Crippen LogP contribution in [0.3, 0.4) is 0 Å².